The molecule has 124 valence electrons. The first-order valence-electron chi connectivity index (χ1n) is 7.25. The van der Waals surface area contributed by atoms with Crippen LogP contribution < -0.4 is 5.32 Å². The lowest BCUT2D eigenvalue weighted by molar-refractivity contribution is -0.141. The molecule has 7 heteroatoms. The van der Waals surface area contributed by atoms with Crippen molar-refractivity contribution >= 4 is 5.91 Å². The molecule has 0 aliphatic heterocycles. The van der Waals surface area contributed by atoms with Gasteiger partial charge in [-0.25, -0.2) is 0 Å². The molecule has 1 heterocycles. The second-order valence-corrected chi connectivity index (χ2v) is 5.34. The number of amides is 1. The van der Waals surface area contributed by atoms with E-state index in [2.05, 4.69) is 10.3 Å². The third kappa shape index (κ3) is 5.29. The normalized spacial score (nSPS) is 12.3. The van der Waals surface area contributed by atoms with E-state index in [0.29, 0.717) is 12.8 Å². The van der Waals surface area contributed by atoms with E-state index in [4.69, 9.17) is 0 Å². The smallest absolute Gasteiger partial charge is 0.388 e. The fourth-order valence-electron chi connectivity index (χ4n) is 2.28. The van der Waals surface area contributed by atoms with Gasteiger partial charge in [-0.05, 0) is 25.0 Å². The zero-order valence-corrected chi connectivity index (χ0v) is 12.7. The van der Waals surface area contributed by atoms with Crippen molar-refractivity contribution in [2.75, 3.05) is 6.54 Å². The van der Waals surface area contributed by atoms with E-state index < -0.39 is 23.4 Å². The van der Waals surface area contributed by atoms with Gasteiger partial charge < -0.3 is 10.4 Å². The summed E-state index contributed by atoms with van der Waals surface area (Å²) >= 11 is 0. The van der Waals surface area contributed by atoms with Crippen LogP contribution >= 0.6 is 0 Å². The second kappa shape index (κ2) is 7.58. The lowest BCUT2D eigenvalue weighted by atomic mass is 9.92. The molecule has 0 spiro atoms. The van der Waals surface area contributed by atoms with Crippen molar-refractivity contribution < 1.29 is 23.1 Å². The third-order valence-corrected chi connectivity index (χ3v) is 3.32. The van der Waals surface area contributed by atoms with Gasteiger partial charge in [0.25, 0.3) is 5.91 Å². The second-order valence-electron chi connectivity index (χ2n) is 5.34. The van der Waals surface area contributed by atoms with Crippen LogP contribution in [0, 0.1) is 0 Å². The Morgan fingerprint density at radius 1 is 1.23 bits per heavy atom. The molecule has 0 aliphatic carbocycles. The summed E-state index contributed by atoms with van der Waals surface area (Å²) in [6.45, 7) is 3.93. The van der Waals surface area contributed by atoms with Crippen LogP contribution in [0.15, 0.2) is 18.3 Å². The molecule has 1 aromatic rings. The van der Waals surface area contributed by atoms with E-state index in [1.807, 2.05) is 13.8 Å². The van der Waals surface area contributed by atoms with Gasteiger partial charge in [-0.3, -0.25) is 9.78 Å². The maximum absolute atomic E-state index is 12.4. The standard InChI is InChI=1S/C15H21F3N2O2/c1-3-7-14(22,8-4-2)10-20-13(21)11-5-6-12(19-9-11)15(16,17)18/h5-6,9,22H,3-4,7-8,10H2,1-2H3,(H,20,21). The molecule has 0 saturated carbocycles. The highest BCUT2D eigenvalue weighted by atomic mass is 19.4. The minimum atomic E-state index is -4.53. The molecule has 22 heavy (non-hydrogen) atoms. The van der Waals surface area contributed by atoms with Gasteiger partial charge in [-0.15, -0.1) is 0 Å². The number of pyridine rings is 1. The number of aromatic nitrogens is 1. The summed E-state index contributed by atoms with van der Waals surface area (Å²) in [5, 5.41) is 12.9. The van der Waals surface area contributed by atoms with Gasteiger partial charge in [0.05, 0.1) is 11.2 Å². The minimum absolute atomic E-state index is 0.0309. The number of rotatable bonds is 7. The average molecular weight is 318 g/mol. The number of aliphatic hydroxyl groups is 1. The van der Waals surface area contributed by atoms with Crippen molar-refractivity contribution in [3.05, 3.63) is 29.6 Å². The van der Waals surface area contributed by atoms with Gasteiger partial charge in [0, 0.05) is 12.7 Å². The van der Waals surface area contributed by atoms with Crippen molar-refractivity contribution in [3.63, 3.8) is 0 Å². The van der Waals surface area contributed by atoms with Crippen LogP contribution in [0.2, 0.25) is 0 Å². The van der Waals surface area contributed by atoms with E-state index in [1.54, 1.807) is 0 Å². The Morgan fingerprint density at radius 3 is 2.23 bits per heavy atom. The minimum Gasteiger partial charge on any atom is -0.388 e. The zero-order valence-electron chi connectivity index (χ0n) is 12.7. The van der Waals surface area contributed by atoms with Crippen molar-refractivity contribution in [3.8, 4) is 0 Å². The van der Waals surface area contributed by atoms with E-state index in [0.717, 1.165) is 31.2 Å². The molecule has 2 N–H and O–H groups in total. The Hall–Kier alpha value is -1.63. The Balaban J connectivity index is 2.69. The van der Waals surface area contributed by atoms with Crippen molar-refractivity contribution in [1.82, 2.24) is 10.3 Å². The largest absolute Gasteiger partial charge is 0.433 e. The predicted octanol–water partition coefficient (Wildman–Crippen LogP) is 3.16. The molecule has 0 atom stereocenters. The Bertz CT molecular complexity index is 481. The summed E-state index contributed by atoms with van der Waals surface area (Å²) in [7, 11) is 0. The van der Waals surface area contributed by atoms with Gasteiger partial charge >= 0.3 is 6.18 Å². The van der Waals surface area contributed by atoms with Crippen LogP contribution in [0.1, 0.15) is 55.6 Å². The van der Waals surface area contributed by atoms with Crippen LogP contribution in [0.5, 0.6) is 0 Å². The van der Waals surface area contributed by atoms with Crippen LogP contribution in [0.4, 0.5) is 13.2 Å². The first-order valence-corrected chi connectivity index (χ1v) is 7.25. The molecule has 0 bridgehead atoms. The van der Waals surface area contributed by atoms with Gasteiger partial charge in [0.1, 0.15) is 5.69 Å². The fraction of sp³-hybridized carbons (Fsp3) is 0.600. The Morgan fingerprint density at radius 2 is 1.82 bits per heavy atom. The summed E-state index contributed by atoms with van der Waals surface area (Å²) < 4.78 is 37.2. The maximum Gasteiger partial charge on any atom is 0.433 e. The van der Waals surface area contributed by atoms with Crippen LogP contribution in [0.3, 0.4) is 0 Å². The van der Waals surface area contributed by atoms with Gasteiger partial charge in [0.15, 0.2) is 0 Å². The Labute approximate surface area is 127 Å². The third-order valence-electron chi connectivity index (χ3n) is 3.32. The molecule has 1 amide bonds. The number of hydrogen-bond donors (Lipinski definition) is 2. The van der Waals surface area contributed by atoms with Crippen molar-refractivity contribution in [2.24, 2.45) is 0 Å². The number of hydrogen-bond acceptors (Lipinski definition) is 3. The average Bonchev–Trinajstić information content (AvgIpc) is 2.45. The molecular weight excluding hydrogens is 297 g/mol. The number of nitrogens with one attached hydrogen (secondary N) is 1. The van der Waals surface area contributed by atoms with E-state index in [9.17, 15) is 23.1 Å². The first-order chi connectivity index (χ1) is 10.2. The summed E-state index contributed by atoms with van der Waals surface area (Å²) in [5.41, 5.74) is -2.00. The molecule has 0 saturated heterocycles. The van der Waals surface area contributed by atoms with Gasteiger partial charge in [-0.2, -0.15) is 13.2 Å². The highest BCUT2D eigenvalue weighted by Gasteiger charge is 2.32. The number of carbonyl (C=O) groups is 1. The van der Waals surface area contributed by atoms with Crippen molar-refractivity contribution in [1.29, 1.82) is 0 Å². The predicted molar refractivity (Wildman–Crippen MR) is 76.3 cm³/mol. The van der Waals surface area contributed by atoms with Gasteiger partial charge in [-0.1, -0.05) is 26.7 Å². The van der Waals surface area contributed by atoms with Crippen molar-refractivity contribution in [2.45, 2.75) is 51.3 Å². The van der Waals surface area contributed by atoms with Crippen LogP contribution in [0.25, 0.3) is 0 Å². The first kappa shape index (κ1) is 18.4. The lowest BCUT2D eigenvalue weighted by Crippen LogP contribution is -2.42. The zero-order chi connectivity index (χ0) is 16.8. The number of halogens is 3. The summed E-state index contributed by atoms with van der Waals surface area (Å²) in [5.74, 6) is -0.549. The van der Waals surface area contributed by atoms with E-state index in [-0.39, 0.29) is 12.1 Å². The highest BCUT2D eigenvalue weighted by Crippen LogP contribution is 2.27. The summed E-state index contributed by atoms with van der Waals surface area (Å²) in [6.07, 6.45) is -1.00. The van der Waals surface area contributed by atoms with Crippen LogP contribution in [-0.4, -0.2) is 28.1 Å². The molecule has 4 nitrogen and oxygen atoms in total. The molecule has 0 aromatic carbocycles. The molecule has 1 aromatic heterocycles. The van der Waals surface area contributed by atoms with Gasteiger partial charge in [0.2, 0.25) is 0 Å². The van der Waals surface area contributed by atoms with E-state index >= 15 is 0 Å². The highest BCUT2D eigenvalue weighted by molar-refractivity contribution is 5.93. The molecule has 0 fully saturated rings. The maximum atomic E-state index is 12.4. The SMILES string of the molecule is CCCC(O)(CCC)CNC(=O)c1ccc(C(F)(F)F)nc1. The fourth-order valence-corrected chi connectivity index (χ4v) is 2.28. The summed E-state index contributed by atoms with van der Waals surface area (Å²) in [6, 6.07) is 1.84. The van der Waals surface area contributed by atoms with Crippen LogP contribution in [-0.2, 0) is 6.18 Å². The molecule has 0 radical (unpaired) electrons. The topological polar surface area (TPSA) is 62.2 Å². The monoisotopic (exact) mass is 318 g/mol. The Kier molecular flexibility index (Phi) is 6.34. The van der Waals surface area contributed by atoms with E-state index in [1.165, 1.54) is 0 Å². The molecule has 0 unspecified atom stereocenters. The molecular formula is C15H21F3N2O2. The molecule has 0 aliphatic rings. The number of alkyl halides is 3. The number of carbonyl (C=O) groups excluding carboxylic acids is 1. The quantitative estimate of drug-likeness (QED) is 0.812. The lowest BCUT2D eigenvalue weighted by Gasteiger charge is -2.27. The molecule has 1 rings (SSSR count). The summed E-state index contributed by atoms with van der Waals surface area (Å²) in [4.78, 5) is 15.2. The number of nitrogens with zero attached hydrogens (tertiary/aromatic N) is 1.